The van der Waals surface area contributed by atoms with Crippen molar-refractivity contribution < 1.29 is 14.4 Å². The predicted molar refractivity (Wildman–Crippen MR) is 82.1 cm³/mol. The number of ketones is 3. The molecule has 0 heterocycles. The summed E-state index contributed by atoms with van der Waals surface area (Å²) in [5.74, 6) is 1.83. The molecule has 0 spiro atoms. The summed E-state index contributed by atoms with van der Waals surface area (Å²) in [5.41, 5.74) is -0.0975. The number of rotatable bonds is 0. The van der Waals surface area contributed by atoms with Gasteiger partial charge in [0.1, 0.15) is 5.78 Å². The summed E-state index contributed by atoms with van der Waals surface area (Å²) in [6, 6.07) is 0. The van der Waals surface area contributed by atoms with Crippen molar-refractivity contribution in [3.63, 3.8) is 0 Å². The summed E-state index contributed by atoms with van der Waals surface area (Å²) in [4.78, 5) is 36.6. The average Bonchev–Trinajstić information content (AvgIpc) is 2.79. The molecule has 4 aliphatic rings. The highest BCUT2D eigenvalue weighted by Gasteiger charge is 2.61. The lowest BCUT2D eigenvalue weighted by Crippen LogP contribution is -2.56. The van der Waals surface area contributed by atoms with Gasteiger partial charge in [0.25, 0.3) is 0 Å². The molecule has 4 saturated carbocycles. The van der Waals surface area contributed by atoms with Crippen LogP contribution in [0.15, 0.2) is 0 Å². The summed E-state index contributed by atoms with van der Waals surface area (Å²) in [7, 11) is 0. The second-order valence-corrected chi connectivity index (χ2v) is 8.72. The first-order valence-electron chi connectivity index (χ1n) is 8.98. The van der Waals surface area contributed by atoms with Crippen LogP contribution in [0.25, 0.3) is 0 Å². The molecular weight excluding hydrogens is 276 g/mol. The van der Waals surface area contributed by atoms with Crippen molar-refractivity contribution >= 4 is 17.3 Å². The number of hydrogen-bond acceptors (Lipinski definition) is 3. The minimum atomic E-state index is -0.141. The fourth-order valence-corrected chi connectivity index (χ4v) is 6.72. The maximum Gasteiger partial charge on any atom is 0.201 e. The number of carbonyl (C=O) groups excluding carboxylic acids is 3. The molecule has 0 aromatic rings. The zero-order valence-corrected chi connectivity index (χ0v) is 13.7. The van der Waals surface area contributed by atoms with Gasteiger partial charge in [0.05, 0.1) is 0 Å². The van der Waals surface area contributed by atoms with Crippen LogP contribution < -0.4 is 0 Å². The van der Waals surface area contributed by atoms with Gasteiger partial charge in [-0.3, -0.25) is 14.4 Å². The minimum Gasteiger partial charge on any atom is -0.299 e. The van der Waals surface area contributed by atoms with E-state index >= 15 is 0 Å². The first-order valence-corrected chi connectivity index (χ1v) is 8.98. The van der Waals surface area contributed by atoms with E-state index in [2.05, 4.69) is 13.8 Å². The van der Waals surface area contributed by atoms with Crippen molar-refractivity contribution in [1.82, 2.24) is 0 Å². The quantitative estimate of drug-likeness (QED) is 0.645. The number of carbonyl (C=O) groups is 3. The molecule has 3 heteroatoms. The standard InChI is InChI=1S/C19H26O3/c1-18-10-8-15(20)17(22)14(18)4-3-11-12-5-6-16(21)19(12,2)9-7-13(11)18/h11-14H,3-10H2,1-2H3/t11-,12-,13-,14-,18+,19-/m0/s1. The van der Waals surface area contributed by atoms with Gasteiger partial charge in [-0.15, -0.1) is 0 Å². The Hall–Kier alpha value is -0.990. The third kappa shape index (κ3) is 1.66. The molecule has 0 unspecified atom stereocenters. The summed E-state index contributed by atoms with van der Waals surface area (Å²) < 4.78 is 0. The highest BCUT2D eigenvalue weighted by atomic mass is 16.2. The molecule has 22 heavy (non-hydrogen) atoms. The van der Waals surface area contributed by atoms with Gasteiger partial charge in [0.2, 0.25) is 5.78 Å². The monoisotopic (exact) mass is 302 g/mol. The molecule has 4 aliphatic carbocycles. The second kappa shape index (κ2) is 4.52. The molecule has 0 aromatic carbocycles. The first kappa shape index (κ1) is 14.6. The molecule has 0 bridgehead atoms. The Labute approximate surface area is 132 Å². The molecule has 4 rings (SSSR count). The highest BCUT2D eigenvalue weighted by Crippen LogP contribution is 2.64. The Kier molecular flexibility index (Phi) is 3.00. The maximum atomic E-state index is 12.4. The smallest absolute Gasteiger partial charge is 0.201 e. The van der Waals surface area contributed by atoms with Gasteiger partial charge in [0.15, 0.2) is 5.78 Å². The maximum absolute atomic E-state index is 12.4. The van der Waals surface area contributed by atoms with Crippen LogP contribution in [0.5, 0.6) is 0 Å². The largest absolute Gasteiger partial charge is 0.299 e. The highest BCUT2D eigenvalue weighted by molar-refractivity contribution is 6.38. The lowest BCUT2D eigenvalue weighted by molar-refractivity contribution is -0.158. The van der Waals surface area contributed by atoms with E-state index < -0.39 is 0 Å². The minimum absolute atomic E-state index is 0.000871. The Morgan fingerprint density at radius 1 is 0.864 bits per heavy atom. The summed E-state index contributed by atoms with van der Waals surface area (Å²) >= 11 is 0. The van der Waals surface area contributed by atoms with Crippen molar-refractivity contribution in [3.05, 3.63) is 0 Å². The van der Waals surface area contributed by atoms with Gasteiger partial charge in [-0.05, 0) is 61.7 Å². The van der Waals surface area contributed by atoms with Gasteiger partial charge < -0.3 is 0 Å². The van der Waals surface area contributed by atoms with Crippen LogP contribution >= 0.6 is 0 Å². The summed E-state index contributed by atoms with van der Waals surface area (Å²) in [6.45, 7) is 4.45. The normalized spacial score (nSPS) is 51.3. The van der Waals surface area contributed by atoms with Crippen LogP contribution in [-0.2, 0) is 14.4 Å². The van der Waals surface area contributed by atoms with E-state index in [0.29, 0.717) is 30.0 Å². The number of Topliss-reactive ketones (excluding diaryl/α,β-unsaturated/α-hetero) is 3. The van der Waals surface area contributed by atoms with Crippen LogP contribution in [0, 0.1) is 34.5 Å². The Bertz CT molecular complexity index is 565. The molecule has 0 radical (unpaired) electrons. The molecule has 6 atom stereocenters. The second-order valence-electron chi connectivity index (χ2n) is 8.72. The lowest BCUT2D eigenvalue weighted by Gasteiger charge is -2.58. The zero-order chi connectivity index (χ0) is 15.7. The van der Waals surface area contributed by atoms with Crippen LogP contribution in [-0.4, -0.2) is 17.3 Å². The SMILES string of the molecule is C[C@]12CCC(=O)C(=O)[C@@H]1CC[C@@H]1[C@@H]2CC[C@]2(C)C(=O)CC[C@@H]12. The molecule has 0 N–H and O–H groups in total. The van der Waals surface area contributed by atoms with E-state index in [9.17, 15) is 14.4 Å². The number of hydrogen-bond donors (Lipinski definition) is 0. The zero-order valence-electron chi connectivity index (χ0n) is 13.7. The molecule has 0 amide bonds. The molecule has 0 aromatic heterocycles. The molecule has 120 valence electrons. The topological polar surface area (TPSA) is 51.2 Å². The fourth-order valence-electron chi connectivity index (χ4n) is 6.72. The van der Waals surface area contributed by atoms with Crippen LogP contribution in [0.3, 0.4) is 0 Å². The van der Waals surface area contributed by atoms with Gasteiger partial charge in [0, 0.05) is 24.2 Å². The van der Waals surface area contributed by atoms with Crippen molar-refractivity contribution in [3.8, 4) is 0 Å². The van der Waals surface area contributed by atoms with Crippen molar-refractivity contribution in [1.29, 1.82) is 0 Å². The van der Waals surface area contributed by atoms with Gasteiger partial charge in [-0.1, -0.05) is 13.8 Å². The van der Waals surface area contributed by atoms with Crippen molar-refractivity contribution in [2.24, 2.45) is 34.5 Å². The Balaban J connectivity index is 1.68. The molecule has 0 saturated heterocycles. The first-order chi connectivity index (χ1) is 10.4. The van der Waals surface area contributed by atoms with E-state index in [1.807, 2.05) is 0 Å². The van der Waals surface area contributed by atoms with Gasteiger partial charge in [-0.25, -0.2) is 0 Å². The number of fused-ring (bicyclic) bond motifs is 5. The average molecular weight is 302 g/mol. The molecule has 0 aliphatic heterocycles. The predicted octanol–water partition coefficient (Wildman–Crippen LogP) is 3.35. The van der Waals surface area contributed by atoms with Crippen LogP contribution in [0.1, 0.15) is 65.2 Å². The summed E-state index contributed by atoms with van der Waals surface area (Å²) in [6.07, 6.45) is 7.07. The fraction of sp³-hybridized carbons (Fsp3) is 0.842. The van der Waals surface area contributed by atoms with Crippen LogP contribution in [0.2, 0.25) is 0 Å². The van der Waals surface area contributed by atoms with E-state index in [1.165, 1.54) is 0 Å². The molecular formula is C19H26O3. The lowest BCUT2D eigenvalue weighted by atomic mass is 9.45. The van der Waals surface area contributed by atoms with E-state index in [0.717, 1.165) is 44.9 Å². The van der Waals surface area contributed by atoms with E-state index in [4.69, 9.17) is 0 Å². The Morgan fingerprint density at radius 2 is 1.64 bits per heavy atom. The van der Waals surface area contributed by atoms with Crippen LogP contribution in [0.4, 0.5) is 0 Å². The van der Waals surface area contributed by atoms with Gasteiger partial charge >= 0.3 is 0 Å². The van der Waals surface area contributed by atoms with Crippen molar-refractivity contribution in [2.75, 3.05) is 0 Å². The van der Waals surface area contributed by atoms with E-state index in [-0.39, 0.29) is 28.3 Å². The van der Waals surface area contributed by atoms with Crippen molar-refractivity contribution in [2.45, 2.75) is 65.2 Å². The third-order valence-electron chi connectivity index (χ3n) is 8.06. The molecule has 4 fully saturated rings. The van der Waals surface area contributed by atoms with Gasteiger partial charge in [-0.2, -0.15) is 0 Å². The Morgan fingerprint density at radius 3 is 2.41 bits per heavy atom. The third-order valence-corrected chi connectivity index (χ3v) is 8.06. The summed E-state index contributed by atoms with van der Waals surface area (Å²) in [5, 5.41) is 0. The van der Waals surface area contributed by atoms with E-state index in [1.54, 1.807) is 0 Å². The molecule has 3 nitrogen and oxygen atoms in total.